The molecule has 30 heavy (non-hydrogen) atoms. The number of likely N-dealkylation sites (tertiary alicyclic amines) is 1. The third kappa shape index (κ3) is 5.32. The van der Waals surface area contributed by atoms with Crippen molar-refractivity contribution in [1.29, 1.82) is 0 Å². The Labute approximate surface area is 178 Å². The highest BCUT2D eigenvalue weighted by Crippen LogP contribution is 2.27. The molecule has 1 aliphatic rings. The van der Waals surface area contributed by atoms with E-state index in [0.29, 0.717) is 17.2 Å². The molecule has 3 rings (SSSR count). The second kappa shape index (κ2) is 9.65. The number of hydrogen-bond acceptors (Lipinski definition) is 4. The number of ether oxygens (including phenoxy) is 1. The molecule has 0 saturated carbocycles. The number of methoxy groups -OCH3 is 1. The highest BCUT2D eigenvalue weighted by molar-refractivity contribution is 6.02. The second-order valence-corrected chi connectivity index (χ2v) is 8.17. The number of hydrogen-bond donors (Lipinski definition) is 1. The van der Waals surface area contributed by atoms with Gasteiger partial charge in [-0.05, 0) is 54.7 Å². The van der Waals surface area contributed by atoms with Gasteiger partial charge in [0.2, 0.25) is 5.91 Å². The molecule has 0 aliphatic carbocycles. The summed E-state index contributed by atoms with van der Waals surface area (Å²) in [5, 5.41) is 2.93. The number of anilines is 2. The molecule has 2 amide bonds. The van der Waals surface area contributed by atoms with Crippen molar-refractivity contribution in [1.82, 2.24) is 4.90 Å². The molecule has 1 N–H and O–H groups in total. The molecule has 0 bridgehead atoms. The normalized spacial score (nSPS) is 14.3. The Kier molecular flexibility index (Phi) is 6.98. The maximum Gasteiger partial charge on any atom is 0.256 e. The topological polar surface area (TPSA) is 61.9 Å². The van der Waals surface area contributed by atoms with Crippen LogP contribution in [0.15, 0.2) is 42.5 Å². The summed E-state index contributed by atoms with van der Waals surface area (Å²) < 4.78 is 5.15. The molecule has 2 aromatic rings. The summed E-state index contributed by atoms with van der Waals surface area (Å²) in [5.41, 5.74) is 3.01. The molecule has 6 nitrogen and oxygen atoms in total. The molecule has 0 aromatic heterocycles. The molecule has 0 spiro atoms. The standard InChI is InChI=1S/C24H31N3O3/c1-17-11-13-27(14-12-17)24(29)21-16-19(7-10-22(21)26(2)3)25-23(28)15-18-5-8-20(30-4)9-6-18/h5-10,16-17H,11-15H2,1-4H3,(H,25,28). The van der Waals surface area contributed by atoms with Crippen molar-refractivity contribution < 1.29 is 14.3 Å². The molecule has 160 valence electrons. The molecule has 1 fully saturated rings. The lowest BCUT2D eigenvalue weighted by Crippen LogP contribution is -2.38. The largest absolute Gasteiger partial charge is 0.497 e. The number of carbonyl (C=O) groups excluding carboxylic acids is 2. The van der Waals surface area contributed by atoms with Gasteiger partial charge < -0.3 is 19.9 Å². The van der Waals surface area contributed by atoms with Gasteiger partial charge in [0.25, 0.3) is 5.91 Å². The lowest BCUT2D eigenvalue weighted by atomic mass is 9.98. The van der Waals surface area contributed by atoms with Gasteiger partial charge in [0.1, 0.15) is 5.75 Å². The maximum atomic E-state index is 13.2. The van der Waals surface area contributed by atoms with E-state index in [1.54, 1.807) is 13.2 Å². The van der Waals surface area contributed by atoms with E-state index in [1.807, 2.05) is 60.3 Å². The minimum Gasteiger partial charge on any atom is -0.497 e. The Balaban J connectivity index is 1.74. The Morgan fingerprint density at radius 3 is 2.37 bits per heavy atom. The fourth-order valence-electron chi connectivity index (χ4n) is 3.69. The van der Waals surface area contributed by atoms with Gasteiger partial charge in [0.15, 0.2) is 0 Å². The highest BCUT2D eigenvalue weighted by atomic mass is 16.5. The molecular formula is C24H31N3O3. The summed E-state index contributed by atoms with van der Waals surface area (Å²) in [6.07, 6.45) is 2.31. The first-order chi connectivity index (χ1) is 14.4. The lowest BCUT2D eigenvalue weighted by molar-refractivity contribution is -0.115. The first-order valence-electron chi connectivity index (χ1n) is 10.4. The average molecular weight is 410 g/mol. The number of nitrogens with zero attached hydrogens (tertiary/aromatic N) is 2. The summed E-state index contributed by atoms with van der Waals surface area (Å²) >= 11 is 0. The van der Waals surface area contributed by atoms with E-state index in [0.717, 1.165) is 42.9 Å². The molecule has 0 atom stereocenters. The van der Waals surface area contributed by atoms with Crippen LogP contribution in [0, 0.1) is 5.92 Å². The SMILES string of the molecule is COc1ccc(CC(=O)Nc2ccc(N(C)C)c(C(=O)N3CCC(C)CC3)c2)cc1. The van der Waals surface area contributed by atoms with Crippen molar-refractivity contribution >= 4 is 23.2 Å². The Morgan fingerprint density at radius 1 is 1.10 bits per heavy atom. The molecule has 1 heterocycles. The van der Waals surface area contributed by atoms with Crippen molar-refractivity contribution in [2.24, 2.45) is 5.92 Å². The molecule has 0 radical (unpaired) electrons. The van der Waals surface area contributed by atoms with Crippen LogP contribution in [-0.2, 0) is 11.2 Å². The van der Waals surface area contributed by atoms with Gasteiger partial charge in [-0.1, -0.05) is 19.1 Å². The van der Waals surface area contributed by atoms with E-state index >= 15 is 0 Å². The number of piperidine rings is 1. The molecule has 1 aliphatic heterocycles. The van der Waals surface area contributed by atoms with Crippen molar-refractivity contribution in [2.45, 2.75) is 26.2 Å². The fraction of sp³-hybridized carbons (Fsp3) is 0.417. The number of rotatable bonds is 6. The zero-order valence-corrected chi connectivity index (χ0v) is 18.3. The van der Waals surface area contributed by atoms with E-state index in [2.05, 4.69) is 12.2 Å². The van der Waals surface area contributed by atoms with E-state index < -0.39 is 0 Å². The summed E-state index contributed by atoms with van der Waals surface area (Å²) in [6.45, 7) is 3.79. The van der Waals surface area contributed by atoms with Crippen LogP contribution < -0.4 is 15.0 Å². The number of carbonyl (C=O) groups is 2. The Morgan fingerprint density at radius 2 is 1.77 bits per heavy atom. The van der Waals surface area contributed by atoms with Crippen LogP contribution in [-0.4, -0.2) is 51.0 Å². The summed E-state index contributed by atoms with van der Waals surface area (Å²) in [5.74, 6) is 1.32. The van der Waals surface area contributed by atoms with E-state index in [9.17, 15) is 9.59 Å². The van der Waals surface area contributed by atoms with Crippen molar-refractivity contribution in [3.05, 3.63) is 53.6 Å². The first kappa shape index (κ1) is 21.7. The minimum absolute atomic E-state index is 0.0249. The molecule has 1 saturated heterocycles. The predicted octanol–water partition coefficient (Wildman–Crippen LogP) is 3.81. The van der Waals surface area contributed by atoms with Crippen LogP contribution in [0.4, 0.5) is 11.4 Å². The zero-order valence-electron chi connectivity index (χ0n) is 18.3. The smallest absolute Gasteiger partial charge is 0.256 e. The van der Waals surface area contributed by atoms with Gasteiger partial charge >= 0.3 is 0 Å². The van der Waals surface area contributed by atoms with Crippen molar-refractivity contribution in [2.75, 3.05) is 44.5 Å². The lowest BCUT2D eigenvalue weighted by Gasteiger charge is -2.31. The van der Waals surface area contributed by atoms with Crippen molar-refractivity contribution in [3.8, 4) is 5.75 Å². The summed E-state index contributed by atoms with van der Waals surface area (Å²) in [4.78, 5) is 29.6. The van der Waals surface area contributed by atoms with Crippen LogP contribution in [0.1, 0.15) is 35.7 Å². The summed E-state index contributed by atoms with van der Waals surface area (Å²) in [7, 11) is 5.46. The third-order valence-corrected chi connectivity index (χ3v) is 5.59. The molecular weight excluding hydrogens is 378 g/mol. The van der Waals surface area contributed by atoms with E-state index in [1.165, 1.54) is 0 Å². The van der Waals surface area contributed by atoms with Crippen LogP contribution in [0.2, 0.25) is 0 Å². The van der Waals surface area contributed by atoms with Gasteiger partial charge in [-0.3, -0.25) is 9.59 Å². The van der Waals surface area contributed by atoms with Crippen LogP contribution in [0.25, 0.3) is 0 Å². The fourth-order valence-corrected chi connectivity index (χ4v) is 3.69. The molecule has 0 unspecified atom stereocenters. The van der Waals surface area contributed by atoms with Gasteiger partial charge in [-0.25, -0.2) is 0 Å². The monoisotopic (exact) mass is 409 g/mol. The third-order valence-electron chi connectivity index (χ3n) is 5.59. The molecule has 2 aromatic carbocycles. The van der Waals surface area contributed by atoms with Crippen LogP contribution in [0.3, 0.4) is 0 Å². The first-order valence-corrected chi connectivity index (χ1v) is 10.4. The van der Waals surface area contributed by atoms with E-state index in [-0.39, 0.29) is 18.2 Å². The highest BCUT2D eigenvalue weighted by Gasteiger charge is 2.24. The van der Waals surface area contributed by atoms with Gasteiger partial charge in [-0.2, -0.15) is 0 Å². The second-order valence-electron chi connectivity index (χ2n) is 8.17. The van der Waals surface area contributed by atoms with E-state index in [4.69, 9.17) is 4.74 Å². The quantitative estimate of drug-likeness (QED) is 0.788. The number of nitrogens with one attached hydrogen (secondary N) is 1. The predicted molar refractivity (Wildman–Crippen MR) is 120 cm³/mol. The van der Waals surface area contributed by atoms with Crippen LogP contribution >= 0.6 is 0 Å². The summed E-state index contributed by atoms with van der Waals surface area (Å²) in [6, 6.07) is 13.0. The van der Waals surface area contributed by atoms with Crippen molar-refractivity contribution in [3.63, 3.8) is 0 Å². The van der Waals surface area contributed by atoms with Gasteiger partial charge in [-0.15, -0.1) is 0 Å². The van der Waals surface area contributed by atoms with Gasteiger partial charge in [0, 0.05) is 38.6 Å². The van der Waals surface area contributed by atoms with Crippen LogP contribution in [0.5, 0.6) is 5.75 Å². The minimum atomic E-state index is -0.122. The average Bonchev–Trinajstić information content (AvgIpc) is 2.74. The number of benzene rings is 2. The Hall–Kier alpha value is -3.02. The molecule has 6 heteroatoms. The Bertz CT molecular complexity index is 885. The maximum absolute atomic E-state index is 13.2. The van der Waals surface area contributed by atoms with Gasteiger partial charge in [0.05, 0.1) is 19.1 Å². The number of amides is 2. The zero-order chi connectivity index (χ0) is 21.7.